The first-order chi connectivity index (χ1) is 15.6. The highest BCUT2D eigenvalue weighted by Crippen LogP contribution is 2.32. The Morgan fingerprint density at radius 1 is 1.16 bits per heavy atom. The van der Waals surface area contributed by atoms with E-state index in [2.05, 4.69) is 20.9 Å². The van der Waals surface area contributed by atoms with Crippen molar-refractivity contribution in [3.8, 4) is 5.75 Å². The Labute approximate surface area is 189 Å². The number of benzene rings is 1. The number of ether oxygens (including phenoxy) is 1. The second-order valence-electron chi connectivity index (χ2n) is 9.45. The number of guanidine groups is 1. The van der Waals surface area contributed by atoms with Crippen molar-refractivity contribution in [2.24, 2.45) is 10.9 Å². The summed E-state index contributed by atoms with van der Waals surface area (Å²) < 4.78 is 5.90. The van der Waals surface area contributed by atoms with Gasteiger partial charge in [-0.2, -0.15) is 0 Å². The van der Waals surface area contributed by atoms with Gasteiger partial charge in [0.25, 0.3) is 0 Å². The molecule has 0 bridgehead atoms. The average Bonchev–Trinajstić information content (AvgIpc) is 3.15. The maximum atomic E-state index is 12.3. The van der Waals surface area contributed by atoms with Gasteiger partial charge in [-0.1, -0.05) is 12.8 Å². The third-order valence-electron chi connectivity index (χ3n) is 7.08. The van der Waals surface area contributed by atoms with Gasteiger partial charge in [0.15, 0.2) is 0 Å². The molecule has 3 atom stereocenters. The summed E-state index contributed by atoms with van der Waals surface area (Å²) >= 11 is 0. The van der Waals surface area contributed by atoms with E-state index in [1.54, 1.807) is 0 Å². The van der Waals surface area contributed by atoms with Crippen molar-refractivity contribution in [1.82, 2.24) is 20.9 Å². The molecule has 4 aliphatic rings. The van der Waals surface area contributed by atoms with Gasteiger partial charge < -0.3 is 15.0 Å². The summed E-state index contributed by atoms with van der Waals surface area (Å²) in [5, 5.41) is 9.61. The zero-order valence-electron chi connectivity index (χ0n) is 18.6. The lowest BCUT2D eigenvalue weighted by Crippen LogP contribution is -2.56. The monoisotopic (exact) mass is 439 g/mol. The van der Waals surface area contributed by atoms with Crippen molar-refractivity contribution in [1.29, 1.82) is 0 Å². The Hall–Kier alpha value is -2.61. The molecule has 172 valence electrons. The van der Waals surface area contributed by atoms with E-state index in [-0.39, 0.29) is 18.0 Å². The minimum Gasteiger partial charge on any atom is -0.494 e. The van der Waals surface area contributed by atoms with Crippen LogP contribution in [0.4, 0.5) is 5.69 Å². The van der Waals surface area contributed by atoms with Crippen LogP contribution in [0.25, 0.3) is 0 Å². The van der Waals surface area contributed by atoms with Crippen molar-refractivity contribution in [2.45, 2.75) is 76.5 Å². The standard InChI is InChI=1S/C24H33N5O3/c30-22(27-21-11-8-16-5-1-2-6-19(16)25-21)7-3-4-12-32-18-9-10-20-17(13-18)14-29-15-23(31)28-24(29)26-20/h9-10,13,16,19,21,25H,1-8,11-12,14-15H2,(H,27,30)(H,26,28,31). The van der Waals surface area contributed by atoms with Crippen LogP contribution in [0.1, 0.15) is 63.4 Å². The number of unbranched alkanes of at least 4 members (excludes halogenated alkanes) is 1. The van der Waals surface area contributed by atoms with Crippen LogP contribution in [0.3, 0.4) is 0 Å². The van der Waals surface area contributed by atoms with Crippen LogP contribution in [-0.2, 0) is 16.1 Å². The minimum absolute atomic E-state index is 0.0190. The van der Waals surface area contributed by atoms with Crippen LogP contribution in [0.2, 0.25) is 0 Å². The number of fused-ring (bicyclic) bond motifs is 3. The molecule has 3 N–H and O–H groups in total. The van der Waals surface area contributed by atoms with Crippen molar-refractivity contribution in [3.63, 3.8) is 0 Å². The molecule has 1 aromatic carbocycles. The fourth-order valence-electron chi connectivity index (χ4n) is 5.38. The topological polar surface area (TPSA) is 95.1 Å². The molecule has 8 nitrogen and oxygen atoms in total. The van der Waals surface area contributed by atoms with E-state index in [9.17, 15) is 9.59 Å². The first-order valence-corrected chi connectivity index (χ1v) is 12.1. The van der Waals surface area contributed by atoms with Gasteiger partial charge in [0, 0.05) is 24.6 Å². The van der Waals surface area contributed by atoms with E-state index in [0.717, 1.165) is 42.2 Å². The summed E-state index contributed by atoms with van der Waals surface area (Å²) in [5.74, 6) is 2.36. The quantitative estimate of drug-likeness (QED) is 0.568. The molecule has 3 aliphatic heterocycles. The van der Waals surface area contributed by atoms with Crippen molar-refractivity contribution in [3.05, 3.63) is 23.8 Å². The van der Waals surface area contributed by atoms with E-state index >= 15 is 0 Å². The van der Waals surface area contributed by atoms with Gasteiger partial charge in [-0.25, -0.2) is 4.99 Å². The summed E-state index contributed by atoms with van der Waals surface area (Å²) in [6.07, 6.45) is 9.84. The number of aliphatic imine (C=N–C) groups is 1. The summed E-state index contributed by atoms with van der Waals surface area (Å²) in [6, 6.07) is 6.43. The molecule has 3 unspecified atom stereocenters. The minimum atomic E-state index is -0.0190. The van der Waals surface area contributed by atoms with Crippen LogP contribution >= 0.6 is 0 Å². The third kappa shape index (κ3) is 4.90. The lowest BCUT2D eigenvalue weighted by Gasteiger charge is -2.40. The smallest absolute Gasteiger partial charge is 0.246 e. The number of rotatable bonds is 7. The predicted molar refractivity (Wildman–Crippen MR) is 121 cm³/mol. The summed E-state index contributed by atoms with van der Waals surface area (Å²) in [6.45, 7) is 1.58. The van der Waals surface area contributed by atoms with Crippen LogP contribution in [-0.4, -0.2) is 48.0 Å². The lowest BCUT2D eigenvalue weighted by molar-refractivity contribution is -0.122. The highest BCUT2D eigenvalue weighted by molar-refractivity contribution is 6.05. The fraction of sp³-hybridized carbons (Fsp3) is 0.625. The second-order valence-corrected chi connectivity index (χ2v) is 9.45. The second kappa shape index (κ2) is 9.48. The Kier molecular flexibility index (Phi) is 6.30. The van der Waals surface area contributed by atoms with Gasteiger partial charge in [-0.3, -0.25) is 20.2 Å². The maximum Gasteiger partial charge on any atom is 0.246 e. The highest BCUT2D eigenvalue weighted by Gasteiger charge is 2.32. The molecular weight excluding hydrogens is 406 g/mol. The van der Waals surface area contributed by atoms with Crippen LogP contribution in [0, 0.1) is 5.92 Å². The predicted octanol–water partition coefficient (Wildman–Crippen LogP) is 2.55. The van der Waals surface area contributed by atoms with E-state index in [4.69, 9.17) is 4.74 Å². The largest absolute Gasteiger partial charge is 0.494 e. The Bertz CT molecular complexity index is 902. The first-order valence-electron chi connectivity index (χ1n) is 12.1. The number of hydrogen-bond acceptors (Lipinski definition) is 6. The van der Waals surface area contributed by atoms with Crippen LogP contribution in [0.5, 0.6) is 5.75 Å². The molecule has 2 amide bonds. The fourth-order valence-corrected chi connectivity index (χ4v) is 5.38. The molecule has 2 saturated heterocycles. The molecule has 5 rings (SSSR count). The molecule has 1 aromatic rings. The zero-order chi connectivity index (χ0) is 21.9. The number of carbonyl (C=O) groups is 2. The Morgan fingerprint density at radius 2 is 2.06 bits per heavy atom. The molecule has 1 aliphatic carbocycles. The Balaban J connectivity index is 1.01. The third-order valence-corrected chi connectivity index (χ3v) is 7.08. The molecule has 0 spiro atoms. The number of nitrogens with one attached hydrogen (secondary N) is 3. The van der Waals surface area contributed by atoms with Crippen molar-refractivity contribution in [2.75, 3.05) is 13.2 Å². The molecule has 3 fully saturated rings. The molecule has 0 radical (unpaired) electrons. The summed E-state index contributed by atoms with van der Waals surface area (Å²) in [7, 11) is 0. The van der Waals surface area contributed by atoms with E-state index in [0.29, 0.717) is 38.1 Å². The van der Waals surface area contributed by atoms with Gasteiger partial charge in [0.1, 0.15) is 12.3 Å². The van der Waals surface area contributed by atoms with Crippen molar-refractivity contribution >= 4 is 23.5 Å². The molecular formula is C24H33N5O3. The number of nitrogens with zero attached hydrogens (tertiary/aromatic N) is 2. The van der Waals surface area contributed by atoms with Gasteiger partial charge >= 0.3 is 0 Å². The molecule has 3 heterocycles. The zero-order valence-corrected chi connectivity index (χ0v) is 18.6. The van der Waals surface area contributed by atoms with Gasteiger partial charge in [0.05, 0.1) is 18.5 Å². The highest BCUT2D eigenvalue weighted by atomic mass is 16.5. The van der Waals surface area contributed by atoms with Crippen molar-refractivity contribution < 1.29 is 14.3 Å². The van der Waals surface area contributed by atoms with Crippen LogP contribution in [0.15, 0.2) is 23.2 Å². The number of amides is 2. The number of carbonyl (C=O) groups excluding carboxylic acids is 2. The average molecular weight is 440 g/mol. The summed E-state index contributed by atoms with van der Waals surface area (Å²) in [4.78, 5) is 30.3. The molecule has 8 heteroatoms. The molecule has 32 heavy (non-hydrogen) atoms. The SMILES string of the molecule is O=C1CN2Cc3cc(OCCCCC(=O)NC4CCC5CCCCC5N4)ccc3N=C2N1. The van der Waals surface area contributed by atoms with E-state index in [1.165, 1.54) is 32.1 Å². The maximum absolute atomic E-state index is 12.3. The van der Waals surface area contributed by atoms with Gasteiger partial charge in [-0.05, 0) is 62.6 Å². The Morgan fingerprint density at radius 3 is 3.00 bits per heavy atom. The lowest BCUT2D eigenvalue weighted by atomic mass is 9.79. The normalized spacial score (nSPS) is 26.4. The molecule has 0 aromatic heterocycles. The van der Waals surface area contributed by atoms with Gasteiger partial charge in [-0.15, -0.1) is 0 Å². The number of piperidine rings is 1. The first kappa shape index (κ1) is 21.2. The van der Waals surface area contributed by atoms with Gasteiger partial charge in [0.2, 0.25) is 17.8 Å². The van der Waals surface area contributed by atoms with E-state index in [1.807, 2.05) is 23.1 Å². The van der Waals surface area contributed by atoms with Crippen LogP contribution < -0.4 is 20.7 Å². The summed E-state index contributed by atoms with van der Waals surface area (Å²) in [5.41, 5.74) is 1.93. The molecule has 1 saturated carbocycles. The number of hydrogen-bond donors (Lipinski definition) is 3. The van der Waals surface area contributed by atoms with E-state index < -0.39 is 0 Å².